The maximum absolute atomic E-state index is 13.3. The van der Waals surface area contributed by atoms with Crippen molar-refractivity contribution in [1.82, 2.24) is 9.97 Å². The molecule has 0 saturated carbocycles. The minimum absolute atomic E-state index is 0.0785. The van der Waals surface area contributed by atoms with Crippen molar-refractivity contribution >= 4 is 23.1 Å². The molecule has 1 saturated heterocycles. The molecule has 0 aliphatic carbocycles. The number of aliphatic hydroxyl groups is 1. The van der Waals surface area contributed by atoms with Crippen LogP contribution in [0.25, 0.3) is 0 Å². The number of nitrogens with zero attached hydrogens (tertiary/aromatic N) is 3. The molecule has 1 unspecified atom stereocenters. The average Bonchev–Trinajstić information content (AvgIpc) is 3.07. The Labute approximate surface area is 146 Å². The summed E-state index contributed by atoms with van der Waals surface area (Å²) in [6.07, 6.45) is 3.81. The van der Waals surface area contributed by atoms with Gasteiger partial charge in [0.15, 0.2) is 0 Å². The number of nitrogens with two attached hydrogens (primary N) is 1. The summed E-state index contributed by atoms with van der Waals surface area (Å²) in [6.45, 7) is 3.09. The quantitative estimate of drug-likeness (QED) is 0.698. The van der Waals surface area contributed by atoms with Gasteiger partial charge < -0.3 is 21.1 Å². The molecule has 1 atom stereocenters. The minimum Gasteiger partial charge on any atom is -0.396 e. The molecule has 1 aliphatic rings. The van der Waals surface area contributed by atoms with Crippen molar-refractivity contribution in [3.8, 4) is 0 Å². The van der Waals surface area contributed by atoms with Crippen LogP contribution < -0.4 is 16.0 Å². The highest BCUT2D eigenvalue weighted by Crippen LogP contribution is 2.27. The maximum Gasteiger partial charge on any atom is 0.229 e. The van der Waals surface area contributed by atoms with Crippen LogP contribution in [0.15, 0.2) is 24.3 Å². The van der Waals surface area contributed by atoms with E-state index in [1.165, 1.54) is 12.1 Å². The lowest BCUT2D eigenvalue weighted by Crippen LogP contribution is -2.33. The van der Waals surface area contributed by atoms with Crippen LogP contribution >= 0.6 is 0 Å². The van der Waals surface area contributed by atoms with E-state index in [2.05, 4.69) is 27.1 Å². The van der Waals surface area contributed by atoms with Gasteiger partial charge in [0.05, 0.1) is 18.3 Å². The Kier molecular flexibility index (Phi) is 5.33. The number of halogens is 1. The normalized spacial score (nSPS) is 17.1. The Morgan fingerprint density at radius 1 is 1.36 bits per heavy atom. The standard InChI is InChI=1S/C18H24FN5O/c1-2-4-12-10-17(24-8-3-5-14(24)11-25)23-18(21-12)22-13-6-7-15(19)16(20)9-13/h6-7,9-10,14,25H,2-5,8,11,20H2,1H3,(H,21,22,23). The molecule has 2 heterocycles. The Morgan fingerprint density at radius 3 is 2.92 bits per heavy atom. The van der Waals surface area contributed by atoms with Gasteiger partial charge in [0.2, 0.25) is 5.95 Å². The molecule has 0 amide bonds. The second kappa shape index (κ2) is 7.65. The molecular weight excluding hydrogens is 321 g/mol. The largest absolute Gasteiger partial charge is 0.396 e. The second-order valence-corrected chi connectivity index (χ2v) is 6.32. The Bertz CT molecular complexity index is 739. The van der Waals surface area contributed by atoms with E-state index in [-0.39, 0.29) is 18.3 Å². The molecule has 4 N–H and O–H groups in total. The second-order valence-electron chi connectivity index (χ2n) is 6.32. The molecule has 2 aromatic rings. The number of benzene rings is 1. The van der Waals surface area contributed by atoms with E-state index in [1.54, 1.807) is 6.07 Å². The van der Waals surface area contributed by atoms with Crippen molar-refractivity contribution in [3.63, 3.8) is 0 Å². The number of anilines is 4. The van der Waals surface area contributed by atoms with Gasteiger partial charge in [0, 0.05) is 24.0 Å². The molecule has 6 nitrogen and oxygen atoms in total. The maximum atomic E-state index is 13.3. The van der Waals surface area contributed by atoms with Crippen LogP contribution in [-0.4, -0.2) is 34.3 Å². The summed E-state index contributed by atoms with van der Waals surface area (Å²) >= 11 is 0. The van der Waals surface area contributed by atoms with Gasteiger partial charge in [-0.25, -0.2) is 9.37 Å². The molecule has 134 valence electrons. The smallest absolute Gasteiger partial charge is 0.229 e. The van der Waals surface area contributed by atoms with Crippen LogP contribution in [0.3, 0.4) is 0 Å². The molecule has 1 fully saturated rings. The first-order valence-electron chi connectivity index (χ1n) is 8.68. The van der Waals surface area contributed by atoms with Gasteiger partial charge in [-0.2, -0.15) is 4.98 Å². The highest BCUT2D eigenvalue weighted by atomic mass is 19.1. The molecular formula is C18H24FN5O. The van der Waals surface area contributed by atoms with E-state index in [1.807, 2.05) is 6.07 Å². The number of nitrogen functional groups attached to an aromatic ring is 1. The Morgan fingerprint density at radius 2 is 2.20 bits per heavy atom. The molecule has 0 spiro atoms. The summed E-state index contributed by atoms with van der Waals surface area (Å²) < 4.78 is 13.3. The number of nitrogens with one attached hydrogen (secondary N) is 1. The van der Waals surface area contributed by atoms with Gasteiger partial charge in [-0.15, -0.1) is 0 Å². The fourth-order valence-corrected chi connectivity index (χ4v) is 3.15. The van der Waals surface area contributed by atoms with Crippen LogP contribution in [0.4, 0.5) is 27.5 Å². The minimum atomic E-state index is -0.449. The van der Waals surface area contributed by atoms with Crippen LogP contribution in [-0.2, 0) is 6.42 Å². The van der Waals surface area contributed by atoms with Gasteiger partial charge in [0.25, 0.3) is 0 Å². The molecule has 1 aromatic heterocycles. The third-order valence-corrected chi connectivity index (χ3v) is 4.41. The Balaban J connectivity index is 1.90. The van der Waals surface area contributed by atoms with Crippen molar-refractivity contribution in [1.29, 1.82) is 0 Å². The summed E-state index contributed by atoms with van der Waals surface area (Å²) in [4.78, 5) is 11.3. The molecule has 0 radical (unpaired) electrons. The monoisotopic (exact) mass is 345 g/mol. The lowest BCUT2D eigenvalue weighted by Gasteiger charge is -2.25. The first kappa shape index (κ1) is 17.4. The van der Waals surface area contributed by atoms with Crippen molar-refractivity contribution in [2.24, 2.45) is 0 Å². The number of aromatic nitrogens is 2. The van der Waals surface area contributed by atoms with Gasteiger partial charge in [-0.1, -0.05) is 13.3 Å². The van der Waals surface area contributed by atoms with Crippen LogP contribution in [0.1, 0.15) is 31.9 Å². The molecule has 1 aromatic carbocycles. The van der Waals surface area contributed by atoms with Gasteiger partial charge in [0.1, 0.15) is 11.6 Å². The van der Waals surface area contributed by atoms with E-state index >= 15 is 0 Å². The number of aryl methyl sites for hydroxylation is 1. The zero-order valence-corrected chi connectivity index (χ0v) is 14.4. The lowest BCUT2D eigenvalue weighted by molar-refractivity contribution is 0.266. The van der Waals surface area contributed by atoms with Crippen LogP contribution in [0, 0.1) is 5.82 Å². The van der Waals surface area contributed by atoms with E-state index in [0.29, 0.717) is 11.6 Å². The van der Waals surface area contributed by atoms with Crippen molar-refractivity contribution in [2.45, 2.75) is 38.6 Å². The summed E-state index contributed by atoms with van der Waals surface area (Å²) in [5.41, 5.74) is 7.28. The zero-order chi connectivity index (χ0) is 17.8. The van der Waals surface area contributed by atoms with Crippen LogP contribution in [0.5, 0.6) is 0 Å². The van der Waals surface area contributed by atoms with Crippen molar-refractivity contribution < 1.29 is 9.50 Å². The summed E-state index contributed by atoms with van der Waals surface area (Å²) in [5.74, 6) is 0.817. The molecule has 7 heteroatoms. The summed E-state index contributed by atoms with van der Waals surface area (Å²) in [7, 11) is 0. The fraction of sp³-hybridized carbons (Fsp3) is 0.444. The van der Waals surface area contributed by atoms with Gasteiger partial charge in [-0.3, -0.25) is 0 Å². The number of hydrogen-bond donors (Lipinski definition) is 3. The van der Waals surface area contributed by atoms with E-state index < -0.39 is 5.82 Å². The van der Waals surface area contributed by atoms with Crippen molar-refractivity contribution in [3.05, 3.63) is 35.8 Å². The van der Waals surface area contributed by atoms with Crippen molar-refractivity contribution in [2.75, 3.05) is 29.1 Å². The highest BCUT2D eigenvalue weighted by molar-refractivity contribution is 5.61. The third-order valence-electron chi connectivity index (χ3n) is 4.41. The first-order chi connectivity index (χ1) is 12.1. The molecule has 1 aliphatic heterocycles. The summed E-state index contributed by atoms with van der Waals surface area (Å²) in [5, 5.41) is 12.7. The molecule has 25 heavy (non-hydrogen) atoms. The zero-order valence-electron chi connectivity index (χ0n) is 14.4. The van der Waals surface area contributed by atoms with Gasteiger partial charge >= 0.3 is 0 Å². The first-order valence-corrected chi connectivity index (χ1v) is 8.68. The predicted octanol–water partition coefficient (Wildman–Crippen LogP) is 2.86. The highest BCUT2D eigenvalue weighted by Gasteiger charge is 2.25. The number of rotatable bonds is 6. The van der Waals surface area contributed by atoms with Crippen LogP contribution in [0.2, 0.25) is 0 Å². The SMILES string of the molecule is CCCc1cc(N2CCCC2CO)nc(Nc2ccc(F)c(N)c2)n1. The number of aliphatic hydroxyl groups excluding tert-OH is 1. The molecule has 3 rings (SSSR count). The fourth-order valence-electron chi connectivity index (χ4n) is 3.15. The van der Waals surface area contributed by atoms with E-state index in [9.17, 15) is 9.50 Å². The van der Waals surface area contributed by atoms with E-state index in [4.69, 9.17) is 5.73 Å². The third kappa shape index (κ3) is 3.99. The topological polar surface area (TPSA) is 87.3 Å². The van der Waals surface area contributed by atoms with Gasteiger partial charge in [-0.05, 0) is 37.5 Å². The number of hydrogen-bond acceptors (Lipinski definition) is 6. The lowest BCUT2D eigenvalue weighted by atomic mass is 10.2. The Hall–Kier alpha value is -2.41. The molecule has 0 bridgehead atoms. The average molecular weight is 345 g/mol. The predicted molar refractivity (Wildman–Crippen MR) is 97.6 cm³/mol. The van der Waals surface area contributed by atoms with E-state index in [0.717, 1.165) is 43.7 Å². The summed E-state index contributed by atoms with van der Waals surface area (Å²) in [6, 6.07) is 6.53.